The number of likely N-dealkylation sites (tertiary alicyclic amines) is 1. The van der Waals surface area contributed by atoms with Gasteiger partial charge in [-0.05, 0) is 44.8 Å². The molecular weight excluding hydrogens is 380 g/mol. The Morgan fingerprint density at radius 3 is 2.93 bits per heavy atom. The summed E-state index contributed by atoms with van der Waals surface area (Å²) >= 11 is 0. The number of hydrogen-bond donors (Lipinski definition) is 2. The van der Waals surface area contributed by atoms with Crippen molar-refractivity contribution < 1.29 is 4.79 Å². The number of imidazole rings is 1. The molecule has 1 amide bonds. The second kappa shape index (κ2) is 8.00. The van der Waals surface area contributed by atoms with Crippen LogP contribution < -0.4 is 10.9 Å². The van der Waals surface area contributed by atoms with Crippen molar-refractivity contribution in [2.24, 2.45) is 5.92 Å². The highest BCUT2D eigenvalue weighted by molar-refractivity contribution is 5.82. The smallest absolute Gasteiger partial charge is 0.255 e. The summed E-state index contributed by atoms with van der Waals surface area (Å²) in [6.07, 6.45) is 6.64. The van der Waals surface area contributed by atoms with Crippen LogP contribution in [0.2, 0.25) is 0 Å². The van der Waals surface area contributed by atoms with Gasteiger partial charge in [0.05, 0.1) is 12.6 Å². The maximum Gasteiger partial charge on any atom is 0.255 e. The Kier molecular flexibility index (Phi) is 5.20. The Balaban J connectivity index is 1.32. The van der Waals surface area contributed by atoms with Crippen molar-refractivity contribution >= 4 is 5.91 Å². The van der Waals surface area contributed by atoms with E-state index in [9.17, 15) is 9.59 Å². The molecule has 2 aromatic rings. The van der Waals surface area contributed by atoms with E-state index in [-0.39, 0.29) is 23.4 Å². The second-order valence-electron chi connectivity index (χ2n) is 9.10. The van der Waals surface area contributed by atoms with Gasteiger partial charge in [-0.15, -0.1) is 0 Å². The van der Waals surface area contributed by atoms with Crippen LogP contribution in [0.4, 0.5) is 0 Å². The van der Waals surface area contributed by atoms with E-state index in [0.29, 0.717) is 25.6 Å². The number of amides is 1. The first-order valence-electron chi connectivity index (χ1n) is 11.0. The van der Waals surface area contributed by atoms with E-state index in [0.717, 1.165) is 56.0 Å². The van der Waals surface area contributed by atoms with Crippen molar-refractivity contribution in [1.82, 2.24) is 29.7 Å². The third-order valence-electron chi connectivity index (χ3n) is 6.77. The van der Waals surface area contributed by atoms with Crippen molar-refractivity contribution in [2.45, 2.75) is 50.9 Å². The Morgan fingerprint density at radius 1 is 1.27 bits per heavy atom. The zero-order chi connectivity index (χ0) is 20.7. The van der Waals surface area contributed by atoms with Crippen LogP contribution >= 0.6 is 0 Å². The Hall–Kier alpha value is -2.45. The molecule has 2 aromatic heterocycles. The van der Waals surface area contributed by atoms with E-state index >= 15 is 0 Å². The van der Waals surface area contributed by atoms with E-state index in [1.807, 2.05) is 28.8 Å². The van der Waals surface area contributed by atoms with Crippen LogP contribution in [0.15, 0.2) is 29.3 Å². The summed E-state index contributed by atoms with van der Waals surface area (Å²) in [4.78, 5) is 37.6. The molecule has 2 saturated heterocycles. The van der Waals surface area contributed by atoms with Crippen molar-refractivity contribution in [2.75, 3.05) is 26.7 Å². The average molecular weight is 411 g/mol. The summed E-state index contributed by atoms with van der Waals surface area (Å²) in [6.45, 7) is 4.40. The number of H-pyrrole nitrogens is 1. The maximum atomic E-state index is 13.2. The normalized spacial score (nSPS) is 25.5. The quantitative estimate of drug-likeness (QED) is 0.765. The van der Waals surface area contributed by atoms with Crippen LogP contribution in [0.1, 0.15) is 42.3 Å². The predicted octanol–water partition coefficient (Wildman–Crippen LogP) is 0.901. The average Bonchev–Trinajstić information content (AvgIpc) is 3.44. The van der Waals surface area contributed by atoms with Crippen molar-refractivity contribution in [3.63, 3.8) is 0 Å². The number of rotatable bonds is 5. The van der Waals surface area contributed by atoms with Crippen LogP contribution in [-0.4, -0.2) is 63.0 Å². The van der Waals surface area contributed by atoms with Gasteiger partial charge in [0.25, 0.3) is 5.56 Å². The molecule has 8 nitrogen and oxygen atoms in total. The fourth-order valence-corrected chi connectivity index (χ4v) is 5.39. The van der Waals surface area contributed by atoms with Crippen molar-refractivity contribution in [1.29, 1.82) is 0 Å². The zero-order valence-corrected chi connectivity index (χ0v) is 17.5. The standard InChI is InChI=1S/C22H30N6O2/c1-26(14-20-24-7-8-25-20)12-16-4-5-19-17-9-15(11-28(19)21(16)29)10-27(13-17)22(30)18-3-2-6-23-18/h4-5,7-8,15,17-18,23H,2-3,6,9-14H2,1H3,(H,24,25)/t15-,17+,18-/m0/s1. The summed E-state index contributed by atoms with van der Waals surface area (Å²) in [5.41, 5.74) is 2.02. The Labute approximate surface area is 176 Å². The summed E-state index contributed by atoms with van der Waals surface area (Å²) in [5, 5.41) is 3.33. The molecule has 0 radical (unpaired) electrons. The SMILES string of the molecule is CN(Cc1ncc[nH]1)Cc1ccc2n(c1=O)C[C@H]1C[C@@H]2CN(C(=O)[C@@H]2CCCN2)C1. The molecule has 0 aromatic carbocycles. The van der Waals surface area contributed by atoms with Gasteiger partial charge in [-0.3, -0.25) is 14.5 Å². The largest absolute Gasteiger partial charge is 0.348 e. The fraction of sp³-hybridized carbons (Fsp3) is 0.591. The highest BCUT2D eigenvalue weighted by atomic mass is 16.2. The first-order chi connectivity index (χ1) is 14.6. The zero-order valence-electron chi connectivity index (χ0n) is 17.5. The van der Waals surface area contributed by atoms with Gasteiger partial charge in [-0.1, -0.05) is 6.07 Å². The minimum Gasteiger partial charge on any atom is -0.348 e. The molecule has 30 heavy (non-hydrogen) atoms. The number of aromatic amines is 1. The molecule has 2 fully saturated rings. The molecule has 0 spiro atoms. The molecule has 3 aliphatic heterocycles. The summed E-state index contributed by atoms with van der Waals surface area (Å²) in [6, 6.07) is 4.07. The van der Waals surface area contributed by atoms with E-state index in [1.165, 1.54) is 0 Å². The van der Waals surface area contributed by atoms with Crippen LogP contribution in [0.5, 0.6) is 0 Å². The molecule has 5 heterocycles. The van der Waals surface area contributed by atoms with E-state index in [1.54, 1.807) is 6.20 Å². The van der Waals surface area contributed by atoms with Crippen LogP contribution in [0.3, 0.4) is 0 Å². The van der Waals surface area contributed by atoms with Gasteiger partial charge < -0.3 is 19.8 Å². The monoisotopic (exact) mass is 410 g/mol. The molecule has 0 unspecified atom stereocenters. The van der Waals surface area contributed by atoms with Crippen molar-refractivity contribution in [3.8, 4) is 0 Å². The molecule has 3 atom stereocenters. The lowest BCUT2D eigenvalue weighted by Crippen LogP contribution is -2.53. The number of fused-ring (bicyclic) bond motifs is 4. The fourth-order valence-electron chi connectivity index (χ4n) is 5.39. The van der Waals surface area contributed by atoms with Gasteiger partial charge in [-0.2, -0.15) is 0 Å². The summed E-state index contributed by atoms with van der Waals surface area (Å²) < 4.78 is 1.98. The molecule has 0 saturated carbocycles. The van der Waals surface area contributed by atoms with Gasteiger partial charge in [-0.25, -0.2) is 4.98 Å². The molecule has 0 aliphatic carbocycles. The number of carbonyl (C=O) groups excluding carboxylic acids is 1. The highest BCUT2D eigenvalue weighted by Crippen LogP contribution is 2.35. The minimum absolute atomic E-state index is 0.0157. The first-order valence-corrected chi connectivity index (χ1v) is 11.0. The number of piperidine rings is 1. The number of nitrogens with zero attached hydrogens (tertiary/aromatic N) is 4. The third-order valence-corrected chi connectivity index (χ3v) is 6.77. The number of pyridine rings is 1. The molecule has 2 bridgehead atoms. The number of nitrogens with one attached hydrogen (secondary N) is 2. The molecular formula is C22H30N6O2. The van der Waals surface area contributed by atoms with Crippen LogP contribution in [0.25, 0.3) is 0 Å². The third kappa shape index (κ3) is 3.70. The Morgan fingerprint density at radius 2 is 2.17 bits per heavy atom. The molecule has 160 valence electrons. The van der Waals surface area contributed by atoms with Gasteiger partial charge in [0.1, 0.15) is 5.82 Å². The van der Waals surface area contributed by atoms with Gasteiger partial charge >= 0.3 is 0 Å². The highest BCUT2D eigenvalue weighted by Gasteiger charge is 2.38. The topological polar surface area (TPSA) is 86.3 Å². The predicted molar refractivity (Wildman–Crippen MR) is 113 cm³/mol. The van der Waals surface area contributed by atoms with E-state index in [2.05, 4.69) is 26.3 Å². The Bertz CT molecular complexity index is 963. The van der Waals surface area contributed by atoms with Crippen LogP contribution in [-0.2, 0) is 24.4 Å². The lowest BCUT2D eigenvalue weighted by molar-refractivity contribution is -0.135. The number of carbonyl (C=O) groups is 1. The lowest BCUT2D eigenvalue weighted by Gasteiger charge is -2.43. The van der Waals surface area contributed by atoms with Gasteiger partial charge in [0.2, 0.25) is 5.91 Å². The second-order valence-corrected chi connectivity index (χ2v) is 9.10. The number of hydrogen-bond acceptors (Lipinski definition) is 5. The molecule has 3 aliphatic rings. The van der Waals surface area contributed by atoms with Crippen LogP contribution in [0, 0.1) is 5.92 Å². The number of aromatic nitrogens is 3. The van der Waals surface area contributed by atoms with E-state index in [4.69, 9.17) is 0 Å². The summed E-state index contributed by atoms with van der Waals surface area (Å²) in [5.74, 6) is 1.75. The molecule has 5 rings (SSSR count). The molecule has 2 N–H and O–H groups in total. The minimum atomic E-state index is -0.0157. The van der Waals surface area contributed by atoms with Gasteiger partial charge in [0.15, 0.2) is 0 Å². The van der Waals surface area contributed by atoms with Gasteiger partial charge in [0, 0.05) is 55.7 Å². The summed E-state index contributed by atoms with van der Waals surface area (Å²) in [7, 11) is 2.00. The maximum absolute atomic E-state index is 13.2. The van der Waals surface area contributed by atoms with Crippen molar-refractivity contribution in [3.05, 3.63) is 52.0 Å². The first kappa shape index (κ1) is 19.5. The molecule has 8 heteroatoms. The lowest BCUT2D eigenvalue weighted by atomic mass is 9.82. The van der Waals surface area contributed by atoms with E-state index < -0.39 is 0 Å².